The minimum absolute atomic E-state index is 0.164. The Morgan fingerprint density at radius 3 is 2.64 bits per heavy atom. The Bertz CT molecular complexity index is 1330. The Kier molecular flexibility index (Phi) is 5.74. The van der Waals surface area contributed by atoms with Crippen molar-refractivity contribution in [3.63, 3.8) is 0 Å². The Hall–Kier alpha value is -3.42. The first kappa shape index (κ1) is 21.4. The first-order valence-electron chi connectivity index (χ1n) is 10.7. The maximum absolute atomic E-state index is 14.1. The number of carbonyl (C=O) groups is 1. The van der Waals surface area contributed by atoms with Crippen molar-refractivity contribution in [3.8, 4) is 17.3 Å². The monoisotopic (exact) mass is 464 g/mol. The zero-order valence-electron chi connectivity index (χ0n) is 18.0. The van der Waals surface area contributed by atoms with Crippen molar-refractivity contribution in [2.24, 2.45) is 0 Å². The van der Waals surface area contributed by atoms with E-state index in [9.17, 15) is 9.18 Å². The molecule has 0 spiro atoms. The van der Waals surface area contributed by atoms with Crippen LogP contribution in [-0.2, 0) is 0 Å². The molecular formula is C25H22ClFN4O2. The van der Waals surface area contributed by atoms with Crippen LogP contribution in [0, 0.1) is 12.7 Å². The highest BCUT2D eigenvalue weighted by Gasteiger charge is 2.31. The SMILES string of the molecule is Cc1ccc(F)cc1Oc1c(C(=O)N2CCNCC2)c2ccnc(Cl)c2n1-c1ccccc1. The van der Waals surface area contributed by atoms with Gasteiger partial charge in [0.1, 0.15) is 17.1 Å². The first-order chi connectivity index (χ1) is 16.0. The summed E-state index contributed by atoms with van der Waals surface area (Å²) in [4.78, 5) is 19.8. The number of piperazine rings is 1. The van der Waals surface area contributed by atoms with Crippen molar-refractivity contribution in [2.75, 3.05) is 26.2 Å². The summed E-state index contributed by atoms with van der Waals surface area (Å²) in [6, 6.07) is 15.6. The number of aromatic nitrogens is 2. The van der Waals surface area contributed by atoms with Gasteiger partial charge in [-0.15, -0.1) is 0 Å². The average Bonchev–Trinajstić information content (AvgIpc) is 3.17. The maximum atomic E-state index is 14.1. The van der Waals surface area contributed by atoms with Gasteiger partial charge >= 0.3 is 0 Å². The number of hydrogen-bond donors (Lipinski definition) is 1. The van der Waals surface area contributed by atoms with E-state index in [4.69, 9.17) is 16.3 Å². The fraction of sp³-hybridized carbons (Fsp3) is 0.200. The van der Waals surface area contributed by atoms with Crippen molar-refractivity contribution in [3.05, 3.63) is 82.9 Å². The predicted octanol–water partition coefficient (Wildman–Crippen LogP) is 4.96. The van der Waals surface area contributed by atoms with Crippen LogP contribution in [0.2, 0.25) is 5.15 Å². The second kappa shape index (κ2) is 8.84. The largest absolute Gasteiger partial charge is 0.439 e. The summed E-state index contributed by atoms with van der Waals surface area (Å²) in [5.74, 6) is 0.0203. The molecule has 33 heavy (non-hydrogen) atoms. The summed E-state index contributed by atoms with van der Waals surface area (Å²) >= 11 is 6.56. The van der Waals surface area contributed by atoms with Gasteiger partial charge in [-0.05, 0) is 36.8 Å². The molecule has 5 rings (SSSR count). The van der Waals surface area contributed by atoms with Crippen molar-refractivity contribution >= 4 is 28.4 Å². The smallest absolute Gasteiger partial charge is 0.260 e. The number of fused-ring (bicyclic) bond motifs is 1. The second-order valence-corrected chi connectivity index (χ2v) is 8.26. The van der Waals surface area contributed by atoms with Crippen LogP contribution in [0.5, 0.6) is 11.6 Å². The van der Waals surface area contributed by atoms with Crippen LogP contribution >= 0.6 is 11.6 Å². The number of aryl methyl sites for hydroxylation is 1. The molecule has 2 aromatic carbocycles. The lowest BCUT2D eigenvalue weighted by Gasteiger charge is -2.27. The molecule has 0 bridgehead atoms. The van der Waals surface area contributed by atoms with Crippen molar-refractivity contribution in [2.45, 2.75) is 6.92 Å². The highest BCUT2D eigenvalue weighted by atomic mass is 35.5. The Balaban J connectivity index is 1.80. The second-order valence-electron chi connectivity index (χ2n) is 7.90. The molecule has 0 aliphatic carbocycles. The van der Waals surface area contributed by atoms with E-state index in [1.807, 2.05) is 37.3 Å². The summed E-state index contributed by atoms with van der Waals surface area (Å²) in [7, 11) is 0. The Morgan fingerprint density at radius 2 is 1.88 bits per heavy atom. The molecule has 1 aliphatic rings. The van der Waals surface area contributed by atoms with E-state index >= 15 is 0 Å². The van der Waals surface area contributed by atoms with E-state index in [0.717, 1.165) is 11.3 Å². The number of para-hydroxylation sites is 1. The lowest BCUT2D eigenvalue weighted by atomic mass is 10.1. The molecule has 1 fully saturated rings. The normalized spacial score (nSPS) is 14.0. The maximum Gasteiger partial charge on any atom is 0.260 e. The summed E-state index contributed by atoms with van der Waals surface area (Å²) in [5.41, 5.74) is 2.43. The van der Waals surface area contributed by atoms with Gasteiger partial charge in [0.05, 0.1) is 5.52 Å². The van der Waals surface area contributed by atoms with Crippen LogP contribution in [0.3, 0.4) is 0 Å². The number of pyridine rings is 1. The Morgan fingerprint density at radius 1 is 1.12 bits per heavy atom. The molecule has 6 nitrogen and oxygen atoms in total. The average molecular weight is 465 g/mol. The molecule has 1 amide bonds. The van der Waals surface area contributed by atoms with Crippen LogP contribution in [0.25, 0.3) is 16.6 Å². The number of nitrogens with zero attached hydrogens (tertiary/aromatic N) is 3. The number of rotatable bonds is 4. The number of hydrogen-bond acceptors (Lipinski definition) is 4. The lowest BCUT2D eigenvalue weighted by Crippen LogP contribution is -2.46. The molecule has 1 N–H and O–H groups in total. The first-order valence-corrected chi connectivity index (χ1v) is 11.1. The fourth-order valence-corrected chi connectivity index (χ4v) is 4.35. The van der Waals surface area contributed by atoms with E-state index < -0.39 is 5.82 Å². The molecule has 2 aromatic heterocycles. The quantitative estimate of drug-likeness (QED) is 0.433. The van der Waals surface area contributed by atoms with Crippen molar-refractivity contribution in [1.29, 1.82) is 0 Å². The lowest BCUT2D eigenvalue weighted by molar-refractivity contribution is 0.0735. The van der Waals surface area contributed by atoms with Gasteiger partial charge in [-0.25, -0.2) is 9.37 Å². The van der Waals surface area contributed by atoms with Gasteiger partial charge in [-0.2, -0.15) is 0 Å². The molecule has 4 aromatic rings. The van der Waals surface area contributed by atoms with Crippen LogP contribution < -0.4 is 10.1 Å². The number of carbonyl (C=O) groups excluding carboxylic acids is 1. The standard InChI is InChI=1S/C25H22ClFN4O2/c1-16-7-8-17(27)15-20(16)33-25-21(24(32)30-13-11-28-12-14-30)19-9-10-29-23(26)22(19)31(25)18-5-3-2-4-6-18/h2-10,15,28H,11-14H2,1H3. The van der Waals surface area contributed by atoms with Gasteiger partial charge in [-0.1, -0.05) is 35.9 Å². The van der Waals surface area contributed by atoms with Gasteiger partial charge in [0, 0.05) is 49.5 Å². The molecule has 168 valence electrons. The number of amides is 1. The van der Waals surface area contributed by atoms with Crippen molar-refractivity contribution < 1.29 is 13.9 Å². The van der Waals surface area contributed by atoms with Gasteiger partial charge in [0.2, 0.25) is 5.88 Å². The van der Waals surface area contributed by atoms with Crippen LogP contribution in [0.15, 0.2) is 60.8 Å². The van der Waals surface area contributed by atoms with E-state index in [2.05, 4.69) is 10.3 Å². The molecule has 0 saturated carbocycles. The molecule has 1 saturated heterocycles. The molecule has 0 unspecified atom stereocenters. The highest BCUT2D eigenvalue weighted by Crippen LogP contribution is 2.41. The topological polar surface area (TPSA) is 59.4 Å². The molecule has 8 heteroatoms. The molecular weight excluding hydrogens is 443 g/mol. The summed E-state index contributed by atoms with van der Waals surface area (Å²) < 4.78 is 22.2. The minimum atomic E-state index is -0.423. The van der Waals surface area contributed by atoms with Crippen LogP contribution in [0.1, 0.15) is 15.9 Å². The van der Waals surface area contributed by atoms with E-state index in [0.29, 0.717) is 48.4 Å². The number of nitrogens with one attached hydrogen (secondary N) is 1. The summed E-state index contributed by atoms with van der Waals surface area (Å²) in [6.45, 7) is 4.41. The molecule has 3 heterocycles. The molecule has 1 aliphatic heterocycles. The van der Waals surface area contributed by atoms with E-state index in [1.54, 1.807) is 27.8 Å². The fourth-order valence-electron chi connectivity index (χ4n) is 4.11. The van der Waals surface area contributed by atoms with Crippen molar-refractivity contribution in [1.82, 2.24) is 19.8 Å². The summed E-state index contributed by atoms with van der Waals surface area (Å²) in [5, 5.41) is 4.14. The number of benzene rings is 2. The zero-order chi connectivity index (χ0) is 22.9. The third-order valence-corrected chi connectivity index (χ3v) is 6.06. The predicted molar refractivity (Wildman–Crippen MR) is 126 cm³/mol. The molecule has 0 radical (unpaired) electrons. The van der Waals surface area contributed by atoms with Gasteiger partial charge in [-0.3, -0.25) is 9.36 Å². The number of halogens is 2. The third-order valence-electron chi connectivity index (χ3n) is 5.78. The van der Waals surface area contributed by atoms with Crippen LogP contribution in [0.4, 0.5) is 4.39 Å². The Labute approximate surface area is 195 Å². The molecule has 0 atom stereocenters. The van der Waals surface area contributed by atoms with E-state index in [-0.39, 0.29) is 16.9 Å². The highest BCUT2D eigenvalue weighted by molar-refractivity contribution is 6.34. The van der Waals surface area contributed by atoms with Crippen LogP contribution in [-0.4, -0.2) is 46.5 Å². The van der Waals surface area contributed by atoms with E-state index in [1.165, 1.54) is 12.1 Å². The zero-order valence-corrected chi connectivity index (χ0v) is 18.8. The number of ether oxygens (including phenoxy) is 1. The van der Waals surface area contributed by atoms with Gasteiger partial charge in [0.25, 0.3) is 5.91 Å². The van der Waals surface area contributed by atoms with Gasteiger partial charge < -0.3 is 15.0 Å². The summed E-state index contributed by atoms with van der Waals surface area (Å²) in [6.07, 6.45) is 1.58. The van der Waals surface area contributed by atoms with Gasteiger partial charge in [0.15, 0.2) is 5.15 Å². The minimum Gasteiger partial charge on any atom is -0.439 e. The third kappa shape index (κ3) is 3.94.